The second-order valence-electron chi connectivity index (χ2n) is 7.16. The molecule has 30 heavy (non-hydrogen) atoms. The van der Waals surface area contributed by atoms with Gasteiger partial charge in [0.15, 0.2) is 5.82 Å². The summed E-state index contributed by atoms with van der Waals surface area (Å²) in [5, 5.41) is 3.51. The molecule has 3 heterocycles. The number of anilines is 3. The van der Waals surface area contributed by atoms with E-state index in [0.29, 0.717) is 16.7 Å². The topological polar surface area (TPSA) is 74.2 Å². The fourth-order valence-corrected chi connectivity index (χ4v) is 3.82. The third-order valence-corrected chi connectivity index (χ3v) is 5.45. The van der Waals surface area contributed by atoms with E-state index in [9.17, 15) is 4.79 Å². The fourth-order valence-electron chi connectivity index (χ4n) is 3.63. The largest absolute Gasteiger partial charge is 0.369 e. The van der Waals surface area contributed by atoms with Gasteiger partial charge in [0.25, 0.3) is 0 Å². The number of rotatable bonds is 3. The van der Waals surface area contributed by atoms with Gasteiger partial charge in [-0.05, 0) is 50.6 Å². The first-order valence-corrected chi connectivity index (χ1v) is 10.3. The Hall–Kier alpha value is -3.19. The lowest BCUT2D eigenvalue weighted by atomic mass is 10.1. The first-order chi connectivity index (χ1) is 14.6. The van der Waals surface area contributed by atoms with Gasteiger partial charge in [0.05, 0.1) is 11.4 Å². The van der Waals surface area contributed by atoms with Crippen LogP contribution in [-0.4, -0.2) is 40.1 Å². The van der Waals surface area contributed by atoms with Crippen molar-refractivity contribution in [1.82, 2.24) is 15.0 Å². The van der Waals surface area contributed by atoms with E-state index in [1.54, 1.807) is 17.2 Å². The minimum Gasteiger partial charge on any atom is -0.369 e. The van der Waals surface area contributed by atoms with Crippen molar-refractivity contribution in [2.24, 2.45) is 0 Å². The SMILES string of the molecule is CCN1CC[C@@H](C)N(C(=O)Nc2ccncn2)c2nc(-c3cccc(Cl)c3)ccc21. The molecule has 1 N–H and O–H groups in total. The van der Waals surface area contributed by atoms with Crippen molar-refractivity contribution in [3.8, 4) is 11.3 Å². The van der Waals surface area contributed by atoms with Gasteiger partial charge >= 0.3 is 6.03 Å². The molecule has 1 aliphatic heterocycles. The molecule has 0 saturated carbocycles. The van der Waals surface area contributed by atoms with Crippen LogP contribution in [0.4, 0.5) is 22.1 Å². The van der Waals surface area contributed by atoms with Gasteiger partial charge in [-0.3, -0.25) is 10.2 Å². The van der Waals surface area contributed by atoms with Crippen molar-refractivity contribution in [3.05, 3.63) is 60.0 Å². The van der Waals surface area contributed by atoms with Gasteiger partial charge < -0.3 is 4.90 Å². The van der Waals surface area contributed by atoms with Gasteiger partial charge in [-0.2, -0.15) is 0 Å². The smallest absolute Gasteiger partial charge is 0.328 e. The van der Waals surface area contributed by atoms with Crippen LogP contribution in [0.2, 0.25) is 5.02 Å². The van der Waals surface area contributed by atoms with Gasteiger partial charge in [-0.25, -0.2) is 19.7 Å². The van der Waals surface area contributed by atoms with Crippen molar-refractivity contribution in [2.75, 3.05) is 28.2 Å². The zero-order valence-corrected chi connectivity index (χ0v) is 17.7. The number of hydrogen-bond donors (Lipinski definition) is 1. The molecular weight excluding hydrogens is 400 g/mol. The summed E-state index contributed by atoms with van der Waals surface area (Å²) in [6, 6.07) is 12.9. The fraction of sp³-hybridized carbons (Fsp3) is 0.273. The monoisotopic (exact) mass is 422 g/mol. The third-order valence-electron chi connectivity index (χ3n) is 5.22. The summed E-state index contributed by atoms with van der Waals surface area (Å²) in [6.45, 7) is 5.83. The Morgan fingerprint density at radius 3 is 2.87 bits per heavy atom. The van der Waals surface area contributed by atoms with Crippen LogP contribution in [0.5, 0.6) is 0 Å². The van der Waals surface area contributed by atoms with Crippen molar-refractivity contribution in [3.63, 3.8) is 0 Å². The van der Waals surface area contributed by atoms with Gasteiger partial charge in [-0.1, -0.05) is 23.7 Å². The van der Waals surface area contributed by atoms with E-state index in [2.05, 4.69) is 27.1 Å². The highest BCUT2D eigenvalue weighted by Gasteiger charge is 2.31. The first-order valence-electron chi connectivity index (χ1n) is 9.95. The minimum absolute atomic E-state index is 0.0377. The van der Waals surface area contributed by atoms with Gasteiger partial charge in [0.1, 0.15) is 12.1 Å². The van der Waals surface area contributed by atoms with Gasteiger partial charge in [-0.15, -0.1) is 0 Å². The van der Waals surface area contributed by atoms with E-state index in [1.165, 1.54) is 6.33 Å². The number of fused-ring (bicyclic) bond motifs is 1. The lowest BCUT2D eigenvalue weighted by Crippen LogP contribution is -2.42. The molecule has 2 aromatic heterocycles. The van der Waals surface area contributed by atoms with E-state index in [4.69, 9.17) is 16.6 Å². The maximum Gasteiger partial charge on any atom is 0.328 e. The Labute approximate surface area is 180 Å². The summed E-state index contributed by atoms with van der Waals surface area (Å²) in [7, 11) is 0. The average Bonchev–Trinajstić information content (AvgIpc) is 2.89. The predicted molar refractivity (Wildman–Crippen MR) is 120 cm³/mol. The molecule has 1 aromatic carbocycles. The van der Waals surface area contributed by atoms with Gasteiger partial charge in [0.2, 0.25) is 0 Å². The summed E-state index contributed by atoms with van der Waals surface area (Å²) in [5.41, 5.74) is 2.60. The predicted octanol–water partition coefficient (Wildman–Crippen LogP) is 4.85. The maximum absolute atomic E-state index is 13.3. The molecule has 1 aliphatic rings. The quantitative estimate of drug-likeness (QED) is 0.653. The summed E-state index contributed by atoms with van der Waals surface area (Å²) in [6.07, 6.45) is 3.83. The summed E-state index contributed by atoms with van der Waals surface area (Å²) >= 11 is 6.18. The summed E-state index contributed by atoms with van der Waals surface area (Å²) < 4.78 is 0. The Bertz CT molecular complexity index is 1040. The molecule has 8 heteroatoms. The molecule has 0 fully saturated rings. The minimum atomic E-state index is -0.267. The maximum atomic E-state index is 13.3. The molecule has 4 rings (SSSR count). The van der Waals surface area contributed by atoms with Crippen LogP contribution in [0.15, 0.2) is 55.0 Å². The number of hydrogen-bond acceptors (Lipinski definition) is 5. The van der Waals surface area contributed by atoms with Crippen LogP contribution in [0.25, 0.3) is 11.3 Å². The molecule has 2 amide bonds. The number of urea groups is 1. The van der Waals surface area contributed by atoms with E-state index in [1.807, 2.05) is 43.3 Å². The van der Waals surface area contributed by atoms with Crippen molar-refractivity contribution < 1.29 is 4.79 Å². The first kappa shape index (κ1) is 20.1. The Morgan fingerprint density at radius 1 is 1.27 bits per heavy atom. The van der Waals surface area contributed by atoms with E-state index < -0.39 is 0 Å². The van der Waals surface area contributed by atoms with Crippen molar-refractivity contribution in [2.45, 2.75) is 26.3 Å². The number of nitrogens with one attached hydrogen (secondary N) is 1. The zero-order valence-electron chi connectivity index (χ0n) is 16.9. The number of carbonyl (C=O) groups is 1. The Kier molecular flexibility index (Phi) is 5.81. The lowest BCUT2D eigenvalue weighted by Gasteiger charge is -2.28. The van der Waals surface area contributed by atoms with E-state index in [-0.39, 0.29) is 12.1 Å². The molecule has 7 nitrogen and oxygen atoms in total. The zero-order chi connectivity index (χ0) is 21.1. The molecular formula is C22H23ClN6O. The second-order valence-corrected chi connectivity index (χ2v) is 7.60. The highest BCUT2D eigenvalue weighted by Crippen LogP contribution is 2.36. The Morgan fingerprint density at radius 2 is 2.13 bits per heavy atom. The molecule has 0 bridgehead atoms. The van der Waals surface area contributed by atoms with Crippen LogP contribution in [-0.2, 0) is 0 Å². The molecule has 0 saturated heterocycles. The third kappa shape index (κ3) is 4.07. The highest BCUT2D eigenvalue weighted by molar-refractivity contribution is 6.30. The van der Waals surface area contributed by atoms with Crippen LogP contribution in [0.3, 0.4) is 0 Å². The number of halogens is 1. The average molecular weight is 423 g/mol. The number of pyridine rings is 1. The van der Waals surface area contributed by atoms with Crippen LogP contribution in [0.1, 0.15) is 20.3 Å². The van der Waals surface area contributed by atoms with Gasteiger partial charge in [0, 0.05) is 35.9 Å². The lowest BCUT2D eigenvalue weighted by molar-refractivity contribution is 0.255. The Balaban J connectivity index is 1.78. The number of aromatic nitrogens is 3. The van der Waals surface area contributed by atoms with Crippen molar-refractivity contribution >= 4 is 35.0 Å². The normalized spacial score (nSPS) is 16.0. The standard InChI is InChI=1S/C22H23ClN6O/c1-3-28-12-10-15(2)29(22(30)27-20-9-11-24-14-25-20)21-19(28)8-7-18(26-21)16-5-4-6-17(23)13-16/h4-9,11,13-15H,3,10,12H2,1-2H3,(H,24,25,27,30)/t15-/m1/s1. The number of nitrogens with zero attached hydrogens (tertiary/aromatic N) is 5. The number of benzene rings is 1. The molecule has 0 radical (unpaired) electrons. The van der Waals surface area contributed by atoms with E-state index in [0.717, 1.165) is 36.5 Å². The number of amides is 2. The molecule has 1 atom stereocenters. The molecule has 3 aromatic rings. The molecule has 0 spiro atoms. The highest BCUT2D eigenvalue weighted by atomic mass is 35.5. The van der Waals surface area contributed by atoms with Crippen LogP contribution in [0, 0.1) is 0 Å². The van der Waals surface area contributed by atoms with Crippen LogP contribution >= 0.6 is 11.6 Å². The molecule has 154 valence electrons. The summed E-state index contributed by atoms with van der Waals surface area (Å²) in [4.78, 5) is 30.2. The van der Waals surface area contributed by atoms with Crippen LogP contribution < -0.4 is 15.1 Å². The van der Waals surface area contributed by atoms with Crippen molar-refractivity contribution in [1.29, 1.82) is 0 Å². The molecule has 0 unspecified atom stereocenters. The molecule has 0 aliphatic carbocycles. The number of carbonyl (C=O) groups excluding carboxylic acids is 1. The second kappa shape index (κ2) is 8.67. The summed E-state index contributed by atoms with van der Waals surface area (Å²) in [5.74, 6) is 1.08. The van der Waals surface area contributed by atoms with E-state index >= 15 is 0 Å².